The van der Waals surface area contributed by atoms with Gasteiger partial charge < -0.3 is 14.9 Å². The highest BCUT2D eigenvalue weighted by Crippen LogP contribution is 2.24. The SMILES string of the molecule is CN1CCC(N(C)C(=O)c2ccccc2-n2cnc(Cn3nc(-c4ccc(Cl)cc4)n(C[C@H](O)C(F)(F)F)c3=O)n2)C1. The van der Waals surface area contributed by atoms with E-state index in [4.69, 9.17) is 11.6 Å². The fraction of sp³-hybridized carbons (Fsp3) is 0.370. The molecule has 1 saturated heterocycles. The minimum Gasteiger partial charge on any atom is -0.382 e. The Morgan fingerprint density at radius 1 is 1.17 bits per heavy atom. The van der Waals surface area contributed by atoms with Gasteiger partial charge in [-0.15, -0.1) is 10.2 Å². The molecule has 1 amide bonds. The van der Waals surface area contributed by atoms with Gasteiger partial charge >= 0.3 is 11.9 Å². The van der Waals surface area contributed by atoms with Crippen LogP contribution < -0.4 is 5.69 Å². The number of aliphatic hydroxyl groups is 1. The first-order chi connectivity index (χ1) is 19.9. The fourth-order valence-electron chi connectivity index (χ4n) is 4.86. The molecular formula is C27H28ClF3N8O3. The van der Waals surface area contributed by atoms with Gasteiger partial charge in [0.2, 0.25) is 0 Å². The molecule has 1 N–H and O–H groups in total. The summed E-state index contributed by atoms with van der Waals surface area (Å²) >= 11 is 5.94. The molecule has 0 radical (unpaired) electrons. The van der Waals surface area contributed by atoms with Crippen LogP contribution in [0.1, 0.15) is 22.6 Å². The summed E-state index contributed by atoms with van der Waals surface area (Å²) in [6.45, 7) is 0.353. The second kappa shape index (κ2) is 11.7. The molecule has 2 aromatic heterocycles. The molecule has 0 aliphatic carbocycles. The molecule has 1 aliphatic heterocycles. The van der Waals surface area contributed by atoms with Gasteiger partial charge in [0.1, 0.15) is 12.9 Å². The number of alkyl halides is 3. The van der Waals surface area contributed by atoms with Crippen LogP contribution >= 0.6 is 11.6 Å². The Balaban J connectivity index is 1.44. The van der Waals surface area contributed by atoms with Gasteiger partial charge in [-0.05, 0) is 56.4 Å². The molecule has 0 spiro atoms. The first-order valence-electron chi connectivity index (χ1n) is 13.1. The first-order valence-corrected chi connectivity index (χ1v) is 13.4. The Morgan fingerprint density at radius 3 is 2.55 bits per heavy atom. The van der Waals surface area contributed by atoms with Crippen LogP contribution in [0.2, 0.25) is 5.02 Å². The second-order valence-electron chi connectivity index (χ2n) is 10.2. The highest BCUT2D eigenvalue weighted by atomic mass is 35.5. The molecule has 42 heavy (non-hydrogen) atoms. The summed E-state index contributed by atoms with van der Waals surface area (Å²) in [5.41, 5.74) is 0.331. The third-order valence-electron chi connectivity index (χ3n) is 7.20. The molecule has 5 rings (SSSR count). The van der Waals surface area contributed by atoms with E-state index in [2.05, 4.69) is 20.1 Å². The van der Waals surface area contributed by atoms with Crippen molar-refractivity contribution in [3.63, 3.8) is 0 Å². The lowest BCUT2D eigenvalue weighted by Crippen LogP contribution is -2.39. The lowest BCUT2D eigenvalue weighted by atomic mass is 10.1. The number of halogens is 4. The van der Waals surface area contributed by atoms with E-state index in [0.717, 1.165) is 28.8 Å². The Labute approximate surface area is 243 Å². The molecular weight excluding hydrogens is 577 g/mol. The van der Waals surface area contributed by atoms with E-state index in [-0.39, 0.29) is 30.1 Å². The maximum atomic E-state index is 13.4. The van der Waals surface area contributed by atoms with E-state index in [0.29, 0.717) is 21.8 Å². The minimum atomic E-state index is -4.94. The van der Waals surface area contributed by atoms with Crippen LogP contribution in [0.15, 0.2) is 59.7 Å². The van der Waals surface area contributed by atoms with Crippen LogP contribution in [0.5, 0.6) is 0 Å². The minimum absolute atomic E-state index is 0.0783. The van der Waals surface area contributed by atoms with Crippen molar-refractivity contribution < 1.29 is 23.1 Å². The fourth-order valence-corrected chi connectivity index (χ4v) is 4.98. The van der Waals surface area contributed by atoms with Crippen molar-refractivity contribution in [1.82, 2.24) is 38.9 Å². The van der Waals surface area contributed by atoms with Crippen molar-refractivity contribution in [2.75, 3.05) is 27.2 Å². The Bertz CT molecular complexity index is 1630. The standard InChI is InChI=1S/C27H28ClF3N8O3/c1-35-12-11-19(13-35)36(2)25(41)20-5-3-4-6-21(20)39-16-32-23(33-39)15-38-26(42)37(14-22(40)27(29,30)31)24(34-38)17-7-9-18(28)10-8-17/h3-10,16,19,22,40H,11-15H2,1-2H3/t19?,22-/m0/s1. The average molecular weight is 605 g/mol. The van der Waals surface area contributed by atoms with E-state index in [1.807, 2.05) is 7.05 Å². The van der Waals surface area contributed by atoms with Crippen molar-refractivity contribution >= 4 is 17.5 Å². The number of carbonyl (C=O) groups is 1. The molecule has 2 atom stereocenters. The number of hydrogen-bond acceptors (Lipinski definition) is 7. The van der Waals surface area contributed by atoms with Crippen molar-refractivity contribution in [2.45, 2.75) is 37.8 Å². The summed E-state index contributed by atoms with van der Waals surface area (Å²) in [7, 11) is 3.78. The molecule has 1 aliphatic rings. The molecule has 11 nitrogen and oxygen atoms in total. The quantitative estimate of drug-likeness (QED) is 0.329. The summed E-state index contributed by atoms with van der Waals surface area (Å²) in [4.78, 5) is 34.7. The number of likely N-dealkylation sites (N-methyl/N-ethyl adjacent to an activating group) is 2. The maximum absolute atomic E-state index is 13.4. The number of benzene rings is 2. The highest BCUT2D eigenvalue weighted by Gasteiger charge is 2.39. The van der Waals surface area contributed by atoms with Gasteiger partial charge in [0.05, 0.1) is 17.8 Å². The van der Waals surface area contributed by atoms with Crippen LogP contribution in [-0.2, 0) is 13.1 Å². The number of rotatable bonds is 8. The Morgan fingerprint density at radius 2 is 1.88 bits per heavy atom. The van der Waals surface area contributed by atoms with Crippen LogP contribution in [0.3, 0.4) is 0 Å². The largest absolute Gasteiger partial charge is 0.416 e. The van der Waals surface area contributed by atoms with Crippen LogP contribution in [0.4, 0.5) is 13.2 Å². The van der Waals surface area contributed by atoms with Gasteiger partial charge in [-0.3, -0.25) is 9.36 Å². The zero-order chi connectivity index (χ0) is 30.2. The zero-order valence-electron chi connectivity index (χ0n) is 22.7. The van der Waals surface area contributed by atoms with E-state index in [1.165, 1.54) is 35.3 Å². The summed E-state index contributed by atoms with van der Waals surface area (Å²) in [6, 6.07) is 13.0. The third kappa shape index (κ3) is 6.10. The maximum Gasteiger partial charge on any atom is 0.416 e. The van der Waals surface area contributed by atoms with Gasteiger partial charge in [-0.1, -0.05) is 23.7 Å². The number of likely N-dealkylation sites (tertiary alicyclic amines) is 1. The summed E-state index contributed by atoms with van der Waals surface area (Å²) in [6.07, 6.45) is -5.46. The van der Waals surface area contributed by atoms with Gasteiger partial charge in [0.25, 0.3) is 5.91 Å². The number of nitrogens with zero attached hydrogens (tertiary/aromatic N) is 8. The monoisotopic (exact) mass is 604 g/mol. The van der Waals surface area contributed by atoms with E-state index in [9.17, 15) is 27.9 Å². The average Bonchev–Trinajstić information content (AvgIpc) is 3.68. The van der Waals surface area contributed by atoms with Crippen molar-refractivity contribution in [2.24, 2.45) is 0 Å². The summed E-state index contributed by atoms with van der Waals surface area (Å²) in [5, 5.41) is 18.7. The molecule has 222 valence electrons. The zero-order valence-corrected chi connectivity index (χ0v) is 23.5. The highest BCUT2D eigenvalue weighted by molar-refractivity contribution is 6.30. The number of para-hydroxylation sites is 1. The second-order valence-corrected chi connectivity index (χ2v) is 10.6. The number of carbonyl (C=O) groups excluding carboxylic acids is 1. The molecule has 3 heterocycles. The predicted octanol–water partition coefficient (Wildman–Crippen LogP) is 2.69. The van der Waals surface area contributed by atoms with Gasteiger partial charge in [0.15, 0.2) is 17.8 Å². The molecule has 4 aromatic rings. The summed E-state index contributed by atoms with van der Waals surface area (Å²) < 4.78 is 42.5. The molecule has 1 fully saturated rings. The number of amides is 1. The lowest BCUT2D eigenvalue weighted by molar-refractivity contribution is -0.207. The van der Waals surface area contributed by atoms with Crippen molar-refractivity contribution in [3.8, 4) is 17.1 Å². The molecule has 2 aromatic carbocycles. The topological polar surface area (TPSA) is 114 Å². The normalized spacial score (nSPS) is 16.6. The lowest BCUT2D eigenvalue weighted by Gasteiger charge is -2.25. The van der Waals surface area contributed by atoms with Crippen LogP contribution in [0, 0.1) is 0 Å². The van der Waals surface area contributed by atoms with Gasteiger partial charge in [0, 0.05) is 30.2 Å². The molecule has 1 unspecified atom stereocenters. The predicted molar refractivity (Wildman–Crippen MR) is 147 cm³/mol. The van der Waals surface area contributed by atoms with E-state index >= 15 is 0 Å². The molecule has 15 heteroatoms. The van der Waals surface area contributed by atoms with Crippen molar-refractivity contribution in [1.29, 1.82) is 0 Å². The number of hydrogen-bond donors (Lipinski definition) is 1. The van der Waals surface area contributed by atoms with Gasteiger partial charge in [-0.25, -0.2) is 19.1 Å². The van der Waals surface area contributed by atoms with Crippen LogP contribution in [-0.4, -0.2) is 95.4 Å². The Kier molecular flexibility index (Phi) is 8.21. The summed E-state index contributed by atoms with van der Waals surface area (Å²) in [5.74, 6) is -0.126. The first kappa shape index (κ1) is 29.5. The number of aliphatic hydroxyl groups excluding tert-OH is 1. The molecule has 0 saturated carbocycles. The van der Waals surface area contributed by atoms with Gasteiger partial charge in [-0.2, -0.15) is 13.2 Å². The van der Waals surface area contributed by atoms with E-state index in [1.54, 1.807) is 36.2 Å². The van der Waals surface area contributed by atoms with Crippen molar-refractivity contribution in [3.05, 3.63) is 81.8 Å². The molecule has 0 bridgehead atoms. The smallest absolute Gasteiger partial charge is 0.382 e. The van der Waals surface area contributed by atoms with E-state index < -0.39 is 24.5 Å². The number of aromatic nitrogens is 6. The van der Waals surface area contributed by atoms with Crippen LogP contribution in [0.25, 0.3) is 17.1 Å². The Hall–Kier alpha value is -4.01. The third-order valence-corrected chi connectivity index (χ3v) is 7.46.